The molecule has 0 fully saturated rings. The molecule has 5 aromatic rings. The molecule has 0 spiro atoms. The number of anilines is 1. The topological polar surface area (TPSA) is 76.9 Å². The van der Waals surface area contributed by atoms with E-state index >= 15 is 0 Å². The monoisotopic (exact) mass is 520 g/mol. The number of hydrogen-bond donors (Lipinski definition) is 1. The summed E-state index contributed by atoms with van der Waals surface area (Å²) in [5, 5.41) is 7.22. The number of aromatic nitrogens is 3. The van der Waals surface area contributed by atoms with Crippen molar-refractivity contribution in [2.24, 2.45) is 0 Å². The average Bonchev–Trinajstić information content (AvgIpc) is 3.41. The van der Waals surface area contributed by atoms with Crippen molar-refractivity contribution in [1.29, 1.82) is 0 Å². The molecule has 0 aliphatic carbocycles. The molecule has 10 heteroatoms. The maximum Gasteiger partial charge on any atom is 0.256 e. The lowest BCUT2D eigenvalue weighted by Gasteiger charge is -2.16. The van der Waals surface area contributed by atoms with Gasteiger partial charge in [0, 0.05) is 28.1 Å². The fraction of sp³-hybridized carbons (Fsp3) is 0.0769. The Labute approximate surface area is 212 Å². The van der Waals surface area contributed by atoms with Crippen molar-refractivity contribution in [3.05, 3.63) is 98.5 Å². The van der Waals surface area contributed by atoms with Crippen LogP contribution >= 0.6 is 23.1 Å². The third-order valence-corrected chi connectivity index (χ3v) is 6.84. The number of thiophene rings is 1. The molecule has 1 amide bonds. The lowest BCUT2D eigenvalue weighted by atomic mass is 10.0. The number of aryl methyl sites for hydroxylation is 1. The Morgan fingerprint density at radius 2 is 1.83 bits per heavy atom. The van der Waals surface area contributed by atoms with Gasteiger partial charge in [0.05, 0.1) is 11.3 Å². The summed E-state index contributed by atoms with van der Waals surface area (Å²) in [6, 6.07) is 13.3. The van der Waals surface area contributed by atoms with Crippen molar-refractivity contribution in [3.8, 4) is 16.9 Å². The van der Waals surface area contributed by atoms with E-state index in [1.54, 1.807) is 35.9 Å². The minimum atomic E-state index is -0.884. The largest absolute Gasteiger partial charge is 0.322 e. The molecule has 0 bridgehead atoms. The predicted molar refractivity (Wildman–Crippen MR) is 139 cm³/mol. The van der Waals surface area contributed by atoms with E-state index in [0.29, 0.717) is 33.1 Å². The van der Waals surface area contributed by atoms with Gasteiger partial charge in [-0.3, -0.25) is 14.2 Å². The number of thioether (sulfide) groups is 1. The van der Waals surface area contributed by atoms with Gasteiger partial charge in [0.25, 0.3) is 11.5 Å². The standard InChI is InChI=1S/C26H18F2N4O2S2/c1-14-6-7-16(29-25(34)15-10-11-36-13-15)12-18(14)22-17-8-9-21(33)32(24(17)31-26(30-22)35-2)23-19(27)4-3-5-20(23)28/h3-13H,1-2H3,(H,29,34). The highest BCUT2D eigenvalue weighted by Crippen LogP contribution is 2.33. The molecule has 0 saturated heterocycles. The van der Waals surface area contributed by atoms with Crippen LogP contribution in [-0.2, 0) is 0 Å². The minimum Gasteiger partial charge on any atom is -0.322 e. The minimum absolute atomic E-state index is 0.0768. The van der Waals surface area contributed by atoms with Crippen molar-refractivity contribution in [1.82, 2.24) is 14.5 Å². The summed E-state index contributed by atoms with van der Waals surface area (Å²) >= 11 is 2.66. The van der Waals surface area contributed by atoms with Crippen molar-refractivity contribution >= 4 is 45.7 Å². The van der Waals surface area contributed by atoms with Gasteiger partial charge in [-0.05, 0) is 60.5 Å². The maximum atomic E-state index is 14.7. The second kappa shape index (κ2) is 9.63. The first kappa shape index (κ1) is 23.8. The van der Waals surface area contributed by atoms with E-state index in [1.165, 1.54) is 35.2 Å². The molecule has 2 aromatic carbocycles. The van der Waals surface area contributed by atoms with Gasteiger partial charge in [-0.25, -0.2) is 18.7 Å². The zero-order chi connectivity index (χ0) is 25.4. The van der Waals surface area contributed by atoms with Crippen LogP contribution in [0, 0.1) is 18.6 Å². The molecule has 0 aliphatic heterocycles. The quantitative estimate of drug-likeness (QED) is 0.225. The molecular formula is C26H18F2N4O2S2. The van der Waals surface area contributed by atoms with Crippen LogP contribution in [0.15, 0.2) is 75.3 Å². The highest BCUT2D eigenvalue weighted by atomic mass is 32.2. The third-order valence-electron chi connectivity index (χ3n) is 5.61. The number of carbonyl (C=O) groups excluding carboxylic acids is 1. The zero-order valence-corrected chi connectivity index (χ0v) is 20.7. The van der Waals surface area contributed by atoms with Crippen LogP contribution in [0.2, 0.25) is 0 Å². The molecule has 6 nitrogen and oxygen atoms in total. The molecule has 0 radical (unpaired) electrons. The van der Waals surface area contributed by atoms with E-state index in [0.717, 1.165) is 22.3 Å². The second-order valence-corrected chi connectivity index (χ2v) is 9.42. The molecule has 1 N–H and O–H groups in total. The van der Waals surface area contributed by atoms with Gasteiger partial charge < -0.3 is 5.32 Å². The summed E-state index contributed by atoms with van der Waals surface area (Å²) in [4.78, 5) is 34.6. The number of fused-ring (bicyclic) bond motifs is 1. The third kappa shape index (κ3) is 4.29. The summed E-state index contributed by atoms with van der Waals surface area (Å²) in [5.41, 5.74) is 2.06. The number of pyridine rings is 1. The first-order valence-corrected chi connectivity index (χ1v) is 12.9. The van der Waals surface area contributed by atoms with Gasteiger partial charge >= 0.3 is 0 Å². The summed E-state index contributed by atoms with van der Waals surface area (Å²) in [6.45, 7) is 1.89. The summed E-state index contributed by atoms with van der Waals surface area (Å²) in [6.07, 6.45) is 1.77. The van der Waals surface area contributed by atoms with Crippen molar-refractivity contribution < 1.29 is 13.6 Å². The summed E-state index contributed by atoms with van der Waals surface area (Å²) in [5.74, 6) is -2.01. The van der Waals surface area contributed by atoms with E-state index in [4.69, 9.17) is 0 Å². The van der Waals surface area contributed by atoms with Gasteiger partial charge in [-0.15, -0.1) is 0 Å². The van der Waals surface area contributed by atoms with E-state index in [-0.39, 0.29) is 11.6 Å². The van der Waals surface area contributed by atoms with Crippen LogP contribution < -0.4 is 10.9 Å². The summed E-state index contributed by atoms with van der Waals surface area (Å²) in [7, 11) is 0. The lowest BCUT2D eigenvalue weighted by molar-refractivity contribution is 0.102. The number of nitrogens with zero attached hydrogens (tertiary/aromatic N) is 3. The van der Waals surface area contributed by atoms with Crippen LogP contribution in [0.5, 0.6) is 0 Å². The average molecular weight is 521 g/mol. The Hall–Kier alpha value is -3.89. The normalized spacial score (nSPS) is 11.1. The number of nitrogens with one attached hydrogen (secondary N) is 1. The van der Waals surface area contributed by atoms with Crippen LogP contribution in [0.25, 0.3) is 28.0 Å². The Balaban J connectivity index is 1.74. The van der Waals surface area contributed by atoms with E-state index in [2.05, 4.69) is 15.3 Å². The van der Waals surface area contributed by atoms with Gasteiger partial charge in [-0.1, -0.05) is 23.9 Å². The Morgan fingerprint density at radius 3 is 2.53 bits per heavy atom. The van der Waals surface area contributed by atoms with E-state index < -0.39 is 22.9 Å². The maximum absolute atomic E-state index is 14.7. The molecule has 0 atom stereocenters. The molecule has 5 rings (SSSR count). The smallest absolute Gasteiger partial charge is 0.256 e. The predicted octanol–water partition coefficient (Wildman–Crippen LogP) is 6.07. The molecule has 3 heterocycles. The van der Waals surface area contributed by atoms with Crippen molar-refractivity contribution in [2.45, 2.75) is 12.1 Å². The second-order valence-electron chi connectivity index (χ2n) is 7.87. The van der Waals surface area contributed by atoms with Crippen LogP contribution in [-0.4, -0.2) is 26.7 Å². The molecule has 0 aliphatic rings. The number of halogens is 2. The number of benzene rings is 2. The molecular weight excluding hydrogens is 502 g/mol. The summed E-state index contributed by atoms with van der Waals surface area (Å²) < 4.78 is 30.4. The fourth-order valence-corrected chi connectivity index (χ4v) is 4.86. The van der Waals surface area contributed by atoms with Crippen LogP contribution in [0.4, 0.5) is 14.5 Å². The van der Waals surface area contributed by atoms with E-state index in [9.17, 15) is 18.4 Å². The van der Waals surface area contributed by atoms with Crippen molar-refractivity contribution in [2.75, 3.05) is 11.6 Å². The van der Waals surface area contributed by atoms with Gasteiger partial charge in [0.1, 0.15) is 17.3 Å². The molecule has 0 saturated carbocycles. The van der Waals surface area contributed by atoms with E-state index in [1.807, 2.05) is 18.4 Å². The van der Waals surface area contributed by atoms with Crippen LogP contribution in [0.3, 0.4) is 0 Å². The highest BCUT2D eigenvalue weighted by molar-refractivity contribution is 7.98. The fourth-order valence-electron chi connectivity index (χ4n) is 3.86. The number of hydrogen-bond acceptors (Lipinski definition) is 6. The SMILES string of the molecule is CSc1nc(-c2cc(NC(=O)c3ccsc3)ccc2C)c2ccc(=O)n(-c3c(F)cccc3F)c2n1. The first-order chi connectivity index (χ1) is 17.4. The van der Waals surface area contributed by atoms with Crippen molar-refractivity contribution in [3.63, 3.8) is 0 Å². The molecule has 3 aromatic heterocycles. The molecule has 36 heavy (non-hydrogen) atoms. The lowest BCUT2D eigenvalue weighted by Crippen LogP contribution is -2.21. The molecule has 0 unspecified atom stereocenters. The van der Waals surface area contributed by atoms with Gasteiger partial charge in [0.2, 0.25) is 0 Å². The number of rotatable bonds is 5. The Kier molecular flexibility index (Phi) is 6.38. The van der Waals surface area contributed by atoms with Gasteiger partial charge in [0.15, 0.2) is 10.8 Å². The zero-order valence-electron chi connectivity index (χ0n) is 19.1. The first-order valence-electron chi connectivity index (χ1n) is 10.7. The number of amides is 1. The Bertz CT molecular complexity index is 1660. The molecule has 180 valence electrons. The van der Waals surface area contributed by atoms with Crippen LogP contribution in [0.1, 0.15) is 15.9 Å². The van der Waals surface area contributed by atoms with Gasteiger partial charge in [-0.2, -0.15) is 11.3 Å². The number of carbonyl (C=O) groups is 1. The highest BCUT2D eigenvalue weighted by Gasteiger charge is 2.20. The Morgan fingerprint density at radius 1 is 1.06 bits per heavy atom. The number of para-hydroxylation sites is 1.